The lowest BCUT2D eigenvalue weighted by atomic mass is 10.2. The number of thiophene rings is 1. The summed E-state index contributed by atoms with van der Waals surface area (Å²) in [7, 11) is -3.31. The van der Waals surface area contributed by atoms with Gasteiger partial charge < -0.3 is 5.32 Å². The zero-order valence-corrected chi connectivity index (χ0v) is 15.4. The van der Waals surface area contributed by atoms with Crippen LogP contribution >= 0.6 is 11.3 Å². The van der Waals surface area contributed by atoms with Crippen LogP contribution in [0, 0.1) is 0 Å². The molecule has 0 radical (unpaired) electrons. The van der Waals surface area contributed by atoms with Crippen molar-refractivity contribution >= 4 is 43.0 Å². The third kappa shape index (κ3) is 4.03. The van der Waals surface area contributed by atoms with Crippen LogP contribution in [0.4, 0.5) is 5.69 Å². The van der Waals surface area contributed by atoms with Gasteiger partial charge in [-0.15, -0.1) is 11.3 Å². The Hall–Kier alpha value is -1.60. The lowest BCUT2D eigenvalue weighted by molar-refractivity contribution is 0.0943. The first-order chi connectivity index (χ1) is 10.8. The minimum absolute atomic E-state index is 0.0856. The van der Waals surface area contributed by atoms with Crippen LogP contribution in [0.2, 0.25) is 0 Å². The molecule has 0 aliphatic heterocycles. The molecule has 1 aromatic heterocycles. The van der Waals surface area contributed by atoms with E-state index in [4.69, 9.17) is 0 Å². The molecule has 7 heteroatoms. The van der Waals surface area contributed by atoms with E-state index in [-0.39, 0.29) is 11.9 Å². The molecule has 5 nitrogen and oxygen atoms in total. The first kappa shape index (κ1) is 17.7. The molecule has 0 fully saturated rings. The van der Waals surface area contributed by atoms with Crippen molar-refractivity contribution in [3.05, 3.63) is 29.1 Å². The quantitative estimate of drug-likeness (QED) is 0.866. The number of amides is 1. The number of fused-ring (bicyclic) bond motifs is 1. The maximum absolute atomic E-state index is 12.2. The lowest BCUT2D eigenvalue weighted by Crippen LogP contribution is -2.31. The highest BCUT2D eigenvalue weighted by atomic mass is 32.2. The van der Waals surface area contributed by atoms with Gasteiger partial charge in [0.2, 0.25) is 10.0 Å². The molecule has 0 saturated heterocycles. The number of rotatable bonds is 6. The van der Waals surface area contributed by atoms with Crippen molar-refractivity contribution in [3.8, 4) is 0 Å². The summed E-state index contributed by atoms with van der Waals surface area (Å²) in [5.41, 5.74) is 0.620. The fourth-order valence-electron chi connectivity index (χ4n) is 2.30. The molecule has 0 aliphatic rings. The van der Waals surface area contributed by atoms with Crippen LogP contribution in [0.3, 0.4) is 0 Å². The van der Waals surface area contributed by atoms with Crippen LogP contribution in [-0.4, -0.2) is 33.2 Å². The van der Waals surface area contributed by atoms with Crippen molar-refractivity contribution in [3.63, 3.8) is 0 Å². The molecule has 0 spiro atoms. The number of hydrogen-bond donors (Lipinski definition) is 1. The molecule has 0 aliphatic carbocycles. The van der Waals surface area contributed by atoms with Crippen molar-refractivity contribution in [2.45, 2.75) is 33.2 Å². The van der Waals surface area contributed by atoms with E-state index in [0.29, 0.717) is 17.1 Å². The summed E-state index contributed by atoms with van der Waals surface area (Å²) in [6.07, 6.45) is 2.07. The van der Waals surface area contributed by atoms with E-state index < -0.39 is 10.0 Å². The number of nitrogens with zero attached hydrogens (tertiary/aromatic N) is 1. The van der Waals surface area contributed by atoms with Gasteiger partial charge in [0, 0.05) is 17.3 Å². The van der Waals surface area contributed by atoms with Crippen LogP contribution in [0.15, 0.2) is 24.3 Å². The molecule has 1 heterocycles. The SMILES string of the molecule is CC[C@H](C)NC(=O)c1cc2cc(N(CC)S(C)(=O)=O)ccc2s1. The van der Waals surface area contributed by atoms with E-state index in [2.05, 4.69) is 5.32 Å². The smallest absolute Gasteiger partial charge is 0.261 e. The largest absolute Gasteiger partial charge is 0.349 e. The predicted molar refractivity (Wildman–Crippen MR) is 96.9 cm³/mol. The zero-order valence-electron chi connectivity index (χ0n) is 13.8. The number of hydrogen-bond acceptors (Lipinski definition) is 4. The van der Waals surface area contributed by atoms with Gasteiger partial charge in [-0.25, -0.2) is 8.42 Å². The van der Waals surface area contributed by atoms with Crippen LogP contribution in [0.5, 0.6) is 0 Å². The van der Waals surface area contributed by atoms with E-state index in [9.17, 15) is 13.2 Å². The summed E-state index contributed by atoms with van der Waals surface area (Å²) in [4.78, 5) is 12.8. The Morgan fingerprint density at radius 1 is 1.30 bits per heavy atom. The van der Waals surface area contributed by atoms with Crippen LogP contribution in [-0.2, 0) is 10.0 Å². The van der Waals surface area contributed by atoms with Gasteiger partial charge in [-0.2, -0.15) is 0 Å². The van der Waals surface area contributed by atoms with E-state index in [1.165, 1.54) is 21.9 Å². The van der Waals surface area contributed by atoms with Gasteiger partial charge in [-0.1, -0.05) is 6.92 Å². The minimum atomic E-state index is -3.31. The van der Waals surface area contributed by atoms with Crippen molar-refractivity contribution in [2.24, 2.45) is 0 Å². The number of benzene rings is 1. The molecule has 0 unspecified atom stereocenters. The van der Waals surface area contributed by atoms with E-state index in [1.54, 1.807) is 13.0 Å². The van der Waals surface area contributed by atoms with Crippen LogP contribution < -0.4 is 9.62 Å². The minimum Gasteiger partial charge on any atom is -0.349 e. The fourth-order valence-corrected chi connectivity index (χ4v) is 4.22. The van der Waals surface area contributed by atoms with E-state index in [0.717, 1.165) is 16.5 Å². The van der Waals surface area contributed by atoms with Crippen molar-refractivity contribution < 1.29 is 13.2 Å². The van der Waals surface area contributed by atoms with E-state index in [1.807, 2.05) is 32.0 Å². The fraction of sp³-hybridized carbons (Fsp3) is 0.438. The zero-order chi connectivity index (χ0) is 17.2. The second-order valence-corrected chi connectivity index (χ2v) is 8.53. The van der Waals surface area contributed by atoms with Gasteiger partial charge in [0.05, 0.1) is 16.8 Å². The third-order valence-corrected chi connectivity index (χ3v) is 6.07. The monoisotopic (exact) mass is 354 g/mol. The molecule has 1 amide bonds. The molecule has 126 valence electrons. The number of carbonyl (C=O) groups is 1. The maximum Gasteiger partial charge on any atom is 0.261 e. The molecule has 1 aromatic carbocycles. The third-order valence-electron chi connectivity index (χ3n) is 3.69. The highest BCUT2D eigenvalue weighted by Gasteiger charge is 2.17. The van der Waals surface area contributed by atoms with Gasteiger partial charge in [-0.05, 0) is 49.9 Å². The standard InChI is InChI=1S/C16H22N2O3S2/c1-5-11(3)17-16(19)15-10-12-9-13(7-8-14(12)22-15)18(6-2)23(4,20)21/h7-11H,5-6H2,1-4H3,(H,17,19)/t11-/m0/s1. The molecule has 1 N–H and O–H groups in total. The number of anilines is 1. The summed E-state index contributed by atoms with van der Waals surface area (Å²) >= 11 is 1.41. The van der Waals surface area contributed by atoms with E-state index >= 15 is 0 Å². The maximum atomic E-state index is 12.2. The number of carbonyl (C=O) groups excluding carboxylic acids is 1. The Morgan fingerprint density at radius 2 is 2.00 bits per heavy atom. The second-order valence-electron chi connectivity index (χ2n) is 5.54. The molecular weight excluding hydrogens is 332 g/mol. The highest BCUT2D eigenvalue weighted by Crippen LogP contribution is 2.30. The molecule has 2 aromatic rings. The topological polar surface area (TPSA) is 66.5 Å². The van der Waals surface area contributed by atoms with Crippen LogP contribution in [0.1, 0.15) is 36.9 Å². The molecule has 23 heavy (non-hydrogen) atoms. The first-order valence-corrected chi connectivity index (χ1v) is 10.2. The molecule has 1 atom stereocenters. The van der Waals surface area contributed by atoms with Gasteiger partial charge >= 0.3 is 0 Å². The van der Waals surface area contributed by atoms with Gasteiger partial charge in [-0.3, -0.25) is 9.10 Å². The summed E-state index contributed by atoms with van der Waals surface area (Å²) in [5, 5.41) is 3.82. The molecule has 2 rings (SSSR count). The van der Waals surface area contributed by atoms with Crippen LogP contribution in [0.25, 0.3) is 10.1 Å². The summed E-state index contributed by atoms with van der Waals surface area (Å²) in [6, 6.07) is 7.40. The summed E-state index contributed by atoms with van der Waals surface area (Å²) < 4.78 is 26.0. The predicted octanol–water partition coefficient (Wildman–Crippen LogP) is 3.22. The number of sulfonamides is 1. The average Bonchev–Trinajstić information content (AvgIpc) is 2.89. The Morgan fingerprint density at radius 3 is 2.57 bits per heavy atom. The van der Waals surface area contributed by atoms with Crippen molar-refractivity contribution in [1.82, 2.24) is 5.32 Å². The molecule has 0 saturated carbocycles. The van der Waals surface area contributed by atoms with Gasteiger partial charge in [0.1, 0.15) is 0 Å². The van der Waals surface area contributed by atoms with Crippen molar-refractivity contribution in [1.29, 1.82) is 0 Å². The van der Waals surface area contributed by atoms with Gasteiger partial charge in [0.15, 0.2) is 0 Å². The average molecular weight is 354 g/mol. The van der Waals surface area contributed by atoms with Gasteiger partial charge in [0.25, 0.3) is 5.91 Å². The molecular formula is C16H22N2O3S2. The molecule has 0 bridgehead atoms. The Bertz CT molecular complexity index is 812. The first-order valence-electron chi connectivity index (χ1n) is 7.58. The Labute approximate surface area is 141 Å². The lowest BCUT2D eigenvalue weighted by Gasteiger charge is -2.20. The Kier molecular flexibility index (Phi) is 5.31. The number of nitrogens with one attached hydrogen (secondary N) is 1. The summed E-state index contributed by atoms with van der Waals surface area (Å²) in [5.74, 6) is -0.0856. The highest BCUT2D eigenvalue weighted by molar-refractivity contribution is 7.92. The summed E-state index contributed by atoms with van der Waals surface area (Å²) in [6.45, 7) is 6.15. The normalized spacial score (nSPS) is 13.0. The second kappa shape index (κ2) is 6.88. The Balaban J connectivity index is 2.36. The van der Waals surface area contributed by atoms with Crippen molar-refractivity contribution in [2.75, 3.05) is 17.1 Å².